The molecule has 0 N–H and O–H groups in total. The van der Waals surface area contributed by atoms with Crippen LogP contribution in [-0.4, -0.2) is 13.1 Å². The fourth-order valence-corrected chi connectivity index (χ4v) is 2.37. The molecule has 1 atom stereocenters. The van der Waals surface area contributed by atoms with Gasteiger partial charge in [-0.15, -0.1) is 11.3 Å². The molecule has 78 valence electrons. The zero-order chi connectivity index (χ0) is 10.4. The second-order valence-corrected chi connectivity index (χ2v) is 4.26. The summed E-state index contributed by atoms with van der Waals surface area (Å²) >= 11 is 1.72. The Morgan fingerprint density at radius 3 is 2.93 bits per heavy atom. The fourth-order valence-electron chi connectivity index (χ4n) is 1.50. The molecule has 0 fully saturated rings. The first-order valence-electron chi connectivity index (χ1n) is 4.88. The van der Waals surface area contributed by atoms with E-state index < -0.39 is 0 Å². The summed E-state index contributed by atoms with van der Waals surface area (Å²) in [5.74, 6) is 0.226. The van der Waals surface area contributed by atoms with Crippen molar-refractivity contribution in [3.63, 3.8) is 0 Å². The van der Waals surface area contributed by atoms with E-state index in [1.807, 2.05) is 6.07 Å². The van der Waals surface area contributed by atoms with E-state index in [4.69, 9.17) is 4.74 Å². The number of carbonyl (C=O) groups excluding carboxylic acids is 1. The maximum Gasteiger partial charge on any atom is 0.306 e. The van der Waals surface area contributed by atoms with Crippen molar-refractivity contribution in [1.82, 2.24) is 0 Å². The van der Waals surface area contributed by atoms with E-state index in [0.29, 0.717) is 12.3 Å². The summed E-state index contributed by atoms with van der Waals surface area (Å²) in [7, 11) is 1.44. The lowest BCUT2D eigenvalue weighted by molar-refractivity contribution is -0.141. The Morgan fingerprint density at radius 2 is 2.43 bits per heavy atom. The number of methoxy groups -OCH3 is 1. The lowest BCUT2D eigenvalue weighted by Crippen LogP contribution is -2.07. The third-order valence-corrected chi connectivity index (χ3v) is 3.26. The highest BCUT2D eigenvalue weighted by Gasteiger charge is 2.16. The van der Waals surface area contributed by atoms with Crippen molar-refractivity contribution in [3.8, 4) is 0 Å². The highest BCUT2D eigenvalue weighted by Crippen LogP contribution is 2.28. The van der Waals surface area contributed by atoms with Gasteiger partial charge in [0.2, 0.25) is 0 Å². The zero-order valence-corrected chi connectivity index (χ0v) is 9.47. The van der Waals surface area contributed by atoms with Gasteiger partial charge in [0.15, 0.2) is 0 Å². The Hall–Kier alpha value is -0.830. The van der Waals surface area contributed by atoms with E-state index in [0.717, 1.165) is 12.8 Å². The SMILES string of the molecule is CCCC(CC(=O)OC)c1cccs1. The first-order valence-corrected chi connectivity index (χ1v) is 5.76. The van der Waals surface area contributed by atoms with Crippen molar-refractivity contribution in [1.29, 1.82) is 0 Å². The highest BCUT2D eigenvalue weighted by atomic mass is 32.1. The molecule has 1 heterocycles. The molecule has 0 aromatic carbocycles. The molecule has 0 saturated heterocycles. The molecule has 0 aliphatic rings. The maximum atomic E-state index is 11.2. The second kappa shape index (κ2) is 5.81. The van der Waals surface area contributed by atoms with E-state index >= 15 is 0 Å². The predicted octanol–water partition coefficient (Wildman–Crippen LogP) is 3.19. The monoisotopic (exact) mass is 212 g/mol. The first kappa shape index (κ1) is 11.2. The number of ether oxygens (including phenoxy) is 1. The second-order valence-electron chi connectivity index (χ2n) is 3.28. The Labute approximate surface area is 88.9 Å². The quantitative estimate of drug-likeness (QED) is 0.701. The van der Waals surface area contributed by atoms with Gasteiger partial charge in [-0.2, -0.15) is 0 Å². The van der Waals surface area contributed by atoms with Crippen molar-refractivity contribution in [2.75, 3.05) is 7.11 Å². The zero-order valence-electron chi connectivity index (χ0n) is 8.66. The lowest BCUT2D eigenvalue weighted by atomic mass is 9.98. The molecule has 14 heavy (non-hydrogen) atoms. The predicted molar refractivity (Wildman–Crippen MR) is 58.6 cm³/mol. The van der Waals surface area contributed by atoms with Gasteiger partial charge in [0.1, 0.15) is 0 Å². The van der Waals surface area contributed by atoms with Gasteiger partial charge in [-0.1, -0.05) is 19.4 Å². The normalized spacial score (nSPS) is 12.4. The largest absolute Gasteiger partial charge is 0.469 e. The fraction of sp³-hybridized carbons (Fsp3) is 0.545. The van der Waals surface area contributed by atoms with Gasteiger partial charge in [0.05, 0.1) is 13.5 Å². The minimum Gasteiger partial charge on any atom is -0.469 e. The van der Waals surface area contributed by atoms with Crippen LogP contribution in [0.3, 0.4) is 0 Å². The minimum atomic E-state index is -0.114. The molecular weight excluding hydrogens is 196 g/mol. The number of hydrogen-bond donors (Lipinski definition) is 0. The Morgan fingerprint density at radius 1 is 1.64 bits per heavy atom. The Balaban J connectivity index is 2.60. The molecule has 0 aliphatic carbocycles. The Kier molecular flexibility index (Phi) is 4.66. The summed E-state index contributed by atoms with van der Waals surface area (Å²) < 4.78 is 4.69. The molecule has 0 aliphatic heterocycles. The Bertz CT molecular complexity index is 267. The van der Waals surface area contributed by atoms with Crippen LogP contribution in [0.15, 0.2) is 17.5 Å². The topological polar surface area (TPSA) is 26.3 Å². The summed E-state index contributed by atoms with van der Waals surface area (Å²) in [4.78, 5) is 12.5. The molecule has 0 radical (unpaired) electrons. The molecule has 0 saturated carbocycles. The van der Waals surface area contributed by atoms with Crippen molar-refractivity contribution < 1.29 is 9.53 Å². The van der Waals surface area contributed by atoms with Crippen LogP contribution in [-0.2, 0) is 9.53 Å². The number of esters is 1. The van der Waals surface area contributed by atoms with Crippen molar-refractivity contribution in [2.45, 2.75) is 32.1 Å². The van der Waals surface area contributed by atoms with Crippen LogP contribution in [0.1, 0.15) is 37.0 Å². The molecular formula is C11H16O2S. The molecule has 1 aromatic rings. The van der Waals surface area contributed by atoms with Crippen molar-refractivity contribution in [2.24, 2.45) is 0 Å². The standard InChI is InChI=1S/C11H16O2S/c1-3-5-9(8-11(12)13-2)10-6-4-7-14-10/h4,6-7,9H,3,5,8H2,1-2H3. The third-order valence-electron chi connectivity index (χ3n) is 2.22. The lowest BCUT2D eigenvalue weighted by Gasteiger charge is -2.12. The van der Waals surface area contributed by atoms with Gasteiger partial charge >= 0.3 is 5.97 Å². The first-order chi connectivity index (χ1) is 6.77. The summed E-state index contributed by atoms with van der Waals surface area (Å²) in [6, 6.07) is 4.12. The molecule has 0 bridgehead atoms. The third kappa shape index (κ3) is 3.14. The van der Waals surface area contributed by atoms with E-state index in [1.165, 1.54) is 12.0 Å². The van der Waals surface area contributed by atoms with Crippen LogP contribution in [0.25, 0.3) is 0 Å². The van der Waals surface area contributed by atoms with Gasteiger partial charge in [0.25, 0.3) is 0 Å². The van der Waals surface area contributed by atoms with Crippen LogP contribution in [0.5, 0.6) is 0 Å². The van der Waals surface area contributed by atoms with Gasteiger partial charge < -0.3 is 4.74 Å². The summed E-state index contributed by atoms with van der Waals surface area (Å²) in [5, 5.41) is 2.05. The van der Waals surface area contributed by atoms with Crippen LogP contribution in [0, 0.1) is 0 Å². The van der Waals surface area contributed by atoms with Crippen molar-refractivity contribution >= 4 is 17.3 Å². The molecule has 3 heteroatoms. The van der Waals surface area contributed by atoms with Gasteiger partial charge in [-0.3, -0.25) is 4.79 Å². The molecule has 0 amide bonds. The molecule has 1 aromatic heterocycles. The molecule has 0 spiro atoms. The summed E-state index contributed by atoms with van der Waals surface area (Å²) in [6.45, 7) is 2.14. The van der Waals surface area contributed by atoms with E-state index in [-0.39, 0.29) is 5.97 Å². The van der Waals surface area contributed by atoms with Crippen LogP contribution in [0.4, 0.5) is 0 Å². The maximum absolute atomic E-state index is 11.2. The van der Waals surface area contributed by atoms with E-state index in [1.54, 1.807) is 11.3 Å². The number of rotatable bonds is 5. The minimum absolute atomic E-state index is 0.114. The summed E-state index contributed by atoms with van der Waals surface area (Å²) in [6.07, 6.45) is 2.65. The number of carbonyl (C=O) groups is 1. The van der Waals surface area contributed by atoms with Gasteiger partial charge in [0, 0.05) is 10.8 Å². The number of thiophene rings is 1. The average Bonchev–Trinajstić information content (AvgIpc) is 2.69. The number of hydrogen-bond acceptors (Lipinski definition) is 3. The van der Waals surface area contributed by atoms with Crippen LogP contribution < -0.4 is 0 Å². The smallest absolute Gasteiger partial charge is 0.306 e. The molecule has 1 rings (SSSR count). The highest BCUT2D eigenvalue weighted by molar-refractivity contribution is 7.10. The van der Waals surface area contributed by atoms with Crippen molar-refractivity contribution in [3.05, 3.63) is 22.4 Å². The average molecular weight is 212 g/mol. The molecule has 2 nitrogen and oxygen atoms in total. The summed E-state index contributed by atoms with van der Waals surface area (Å²) in [5.41, 5.74) is 0. The van der Waals surface area contributed by atoms with E-state index in [2.05, 4.69) is 18.4 Å². The van der Waals surface area contributed by atoms with E-state index in [9.17, 15) is 4.79 Å². The van der Waals surface area contributed by atoms with Gasteiger partial charge in [-0.25, -0.2) is 0 Å². The van der Waals surface area contributed by atoms with Crippen LogP contribution in [0.2, 0.25) is 0 Å². The van der Waals surface area contributed by atoms with Crippen LogP contribution >= 0.6 is 11.3 Å². The molecule has 1 unspecified atom stereocenters. The van der Waals surface area contributed by atoms with Gasteiger partial charge in [-0.05, 0) is 17.9 Å².